The topological polar surface area (TPSA) is 85.9 Å². The molecule has 0 aromatic carbocycles. The van der Waals surface area contributed by atoms with Crippen LogP contribution in [0.5, 0.6) is 0 Å². The molecule has 106 valence electrons. The van der Waals surface area contributed by atoms with Crippen molar-refractivity contribution >= 4 is 11.5 Å². The number of aryl methyl sites for hydroxylation is 2. The molecular formula is C13H17N5O2. The van der Waals surface area contributed by atoms with Crippen molar-refractivity contribution in [2.24, 2.45) is 0 Å². The minimum atomic E-state index is -0.386. The molecule has 0 aliphatic heterocycles. The van der Waals surface area contributed by atoms with Crippen molar-refractivity contribution in [1.29, 1.82) is 0 Å². The SMILES string of the molecule is CCCn1nc(C)c([N+](=O)[O-])c1NCc1ccncc1. The van der Waals surface area contributed by atoms with Gasteiger partial charge in [0.15, 0.2) is 0 Å². The Morgan fingerprint density at radius 1 is 1.40 bits per heavy atom. The normalized spacial score (nSPS) is 10.5. The number of hydrogen-bond acceptors (Lipinski definition) is 5. The summed E-state index contributed by atoms with van der Waals surface area (Å²) in [6.07, 6.45) is 4.25. The Kier molecular flexibility index (Phi) is 4.29. The van der Waals surface area contributed by atoms with Gasteiger partial charge in [-0.2, -0.15) is 5.10 Å². The fourth-order valence-corrected chi connectivity index (χ4v) is 2.03. The van der Waals surface area contributed by atoms with Crippen LogP contribution >= 0.6 is 0 Å². The molecule has 0 radical (unpaired) electrons. The first-order chi connectivity index (χ1) is 9.63. The van der Waals surface area contributed by atoms with Crippen LogP contribution in [0.25, 0.3) is 0 Å². The highest BCUT2D eigenvalue weighted by molar-refractivity contribution is 5.59. The van der Waals surface area contributed by atoms with Gasteiger partial charge in [-0.15, -0.1) is 0 Å². The standard InChI is InChI=1S/C13H17N5O2/c1-3-8-17-13(12(18(19)20)10(2)16-17)15-9-11-4-6-14-7-5-11/h4-7,15H,3,8-9H2,1-2H3. The molecule has 2 aromatic rings. The second-order valence-electron chi connectivity index (χ2n) is 4.47. The number of pyridine rings is 1. The summed E-state index contributed by atoms with van der Waals surface area (Å²) in [5.74, 6) is 0.464. The molecule has 0 saturated heterocycles. The molecule has 0 bridgehead atoms. The van der Waals surface area contributed by atoms with Crippen LogP contribution in [0.15, 0.2) is 24.5 Å². The number of rotatable bonds is 6. The lowest BCUT2D eigenvalue weighted by Crippen LogP contribution is -2.09. The Morgan fingerprint density at radius 2 is 2.10 bits per heavy atom. The maximum atomic E-state index is 11.2. The summed E-state index contributed by atoms with van der Waals surface area (Å²) in [6, 6.07) is 3.73. The number of aromatic nitrogens is 3. The lowest BCUT2D eigenvalue weighted by molar-refractivity contribution is -0.384. The molecule has 0 unspecified atom stereocenters. The van der Waals surface area contributed by atoms with Crippen LogP contribution in [0.3, 0.4) is 0 Å². The summed E-state index contributed by atoms with van der Waals surface area (Å²) >= 11 is 0. The first-order valence-electron chi connectivity index (χ1n) is 6.48. The molecule has 20 heavy (non-hydrogen) atoms. The van der Waals surface area contributed by atoms with Gasteiger partial charge >= 0.3 is 5.69 Å². The van der Waals surface area contributed by atoms with Crippen molar-refractivity contribution in [2.75, 3.05) is 5.32 Å². The summed E-state index contributed by atoms with van der Waals surface area (Å²) in [5.41, 5.74) is 1.49. The van der Waals surface area contributed by atoms with E-state index in [2.05, 4.69) is 15.4 Å². The third-order valence-corrected chi connectivity index (χ3v) is 2.92. The third kappa shape index (κ3) is 2.93. The Balaban J connectivity index is 2.26. The average molecular weight is 275 g/mol. The van der Waals surface area contributed by atoms with Gasteiger partial charge in [-0.1, -0.05) is 6.92 Å². The second kappa shape index (κ2) is 6.14. The molecular weight excluding hydrogens is 258 g/mol. The predicted octanol–water partition coefficient (Wildman–Crippen LogP) is 2.52. The Bertz CT molecular complexity index is 594. The zero-order chi connectivity index (χ0) is 14.5. The summed E-state index contributed by atoms with van der Waals surface area (Å²) in [5, 5.41) is 18.5. The van der Waals surface area contributed by atoms with Crippen molar-refractivity contribution in [3.05, 3.63) is 45.9 Å². The summed E-state index contributed by atoms with van der Waals surface area (Å²) in [6.45, 7) is 4.81. The number of hydrogen-bond donors (Lipinski definition) is 1. The number of nitrogens with one attached hydrogen (secondary N) is 1. The molecule has 0 saturated carbocycles. The van der Waals surface area contributed by atoms with E-state index in [4.69, 9.17) is 0 Å². The zero-order valence-corrected chi connectivity index (χ0v) is 11.5. The molecule has 0 fully saturated rings. The lowest BCUT2D eigenvalue weighted by Gasteiger charge is -2.08. The van der Waals surface area contributed by atoms with Gasteiger partial charge < -0.3 is 5.32 Å². The lowest BCUT2D eigenvalue weighted by atomic mass is 10.2. The van der Waals surface area contributed by atoms with E-state index in [1.165, 1.54) is 0 Å². The van der Waals surface area contributed by atoms with E-state index in [9.17, 15) is 10.1 Å². The van der Waals surface area contributed by atoms with E-state index in [1.54, 1.807) is 24.0 Å². The van der Waals surface area contributed by atoms with E-state index >= 15 is 0 Å². The third-order valence-electron chi connectivity index (χ3n) is 2.92. The van der Waals surface area contributed by atoms with Gasteiger partial charge in [0, 0.05) is 25.5 Å². The van der Waals surface area contributed by atoms with Gasteiger partial charge in [-0.25, -0.2) is 4.68 Å². The predicted molar refractivity (Wildman–Crippen MR) is 75.5 cm³/mol. The maximum absolute atomic E-state index is 11.2. The molecule has 0 aliphatic carbocycles. The van der Waals surface area contributed by atoms with Crippen molar-refractivity contribution in [1.82, 2.24) is 14.8 Å². The second-order valence-corrected chi connectivity index (χ2v) is 4.47. The Hall–Kier alpha value is -2.44. The first kappa shape index (κ1) is 14.0. The molecule has 0 atom stereocenters. The van der Waals surface area contributed by atoms with Crippen LogP contribution in [-0.2, 0) is 13.1 Å². The molecule has 0 amide bonds. The van der Waals surface area contributed by atoms with Crippen LogP contribution in [0.4, 0.5) is 11.5 Å². The van der Waals surface area contributed by atoms with Gasteiger partial charge in [0.1, 0.15) is 5.69 Å². The Morgan fingerprint density at radius 3 is 2.70 bits per heavy atom. The summed E-state index contributed by atoms with van der Waals surface area (Å²) in [4.78, 5) is 14.7. The van der Waals surface area contributed by atoms with Gasteiger partial charge in [-0.3, -0.25) is 15.1 Å². The van der Waals surface area contributed by atoms with Gasteiger partial charge in [0.05, 0.1) is 4.92 Å². The Labute approximate surface area is 116 Å². The molecule has 7 nitrogen and oxygen atoms in total. The van der Waals surface area contributed by atoms with Crippen molar-refractivity contribution < 1.29 is 4.92 Å². The van der Waals surface area contributed by atoms with Crippen molar-refractivity contribution in [2.45, 2.75) is 33.4 Å². The monoisotopic (exact) mass is 275 g/mol. The molecule has 1 N–H and O–H groups in total. The van der Waals surface area contributed by atoms with Crippen molar-refractivity contribution in [3.8, 4) is 0 Å². The van der Waals surface area contributed by atoms with Gasteiger partial charge in [0.25, 0.3) is 0 Å². The van der Waals surface area contributed by atoms with Crippen LogP contribution in [0.1, 0.15) is 24.6 Å². The largest absolute Gasteiger partial charge is 0.360 e. The smallest absolute Gasteiger partial charge is 0.333 e. The molecule has 2 rings (SSSR count). The van der Waals surface area contributed by atoms with Crippen LogP contribution < -0.4 is 5.32 Å². The first-order valence-corrected chi connectivity index (χ1v) is 6.48. The van der Waals surface area contributed by atoms with E-state index in [-0.39, 0.29) is 10.6 Å². The molecule has 2 aromatic heterocycles. The van der Waals surface area contributed by atoms with Crippen molar-refractivity contribution in [3.63, 3.8) is 0 Å². The quantitative estimate of drug-likeness (QED) is 0.646. The van der Waals surface area contributed by atoms with Crippen LogP contribution in [-0.4, -0.2) is 19.7 Å². The number of anilines is 1. The van der Waals surface area contributed by atoms with Gasteiger partial charge in [-0.05, 0) is 31.0 Å². The van der Waals surface area contributed by atoms with E-state index < -0.39 is 0 Å². The minimum Gasteiger partial charge on any atom is -0.360 e. The molecule has 0 aliphatic rings. The highest BCUT2D eigenvalue weighted by atomic mass is 16.6. The molecule has 0 spiro atoms. The van der Waals surface area contributed by atoms with Crippen LogP contribution in [0.2, 0.25) is 0 Å². The minimum absolute atomic E-state index is 0.0486. The summed E-state index contributed by atoms with van der Waals surface area (Å²) < 4.78 is 1.66. The van der Waals surface area contributed by atoms with E-state index in [1.807, 2.05) is 19.1 Å². The van der Waals surface area contributed by atoms with E-state index in [0.29, 0.717) is 24.6 Å². The molecule has 2 heterocycles. The van der Waals surface area contributed by atoms with E-state index in [0.717, 1.165) is 12.0 Å². The maximum Gasteiger partial charge on any atom is 0.333 e. The fourth-order valence-electron chi connectivity index (χ4n) is 2.03. The highest BCUT2D eigenvalue weighted by Gasteiger charge is 2.24. The highest BCUT2D eigenvalue weighted by Crippen LogP contribution is 2.28. The molecule has 7 heteroatoms. The average Bonchev–Trinajstić information content (AvgIpc) is 2.74. The van der Waals surface area contributed by atoms with Crippen LogP contribution in [0, 0.1) is 17.0 Å². The summed E-state index contributed by atoms with van der Waals surface area (Å²) in [7, 11) is 0. The number of nitro groups is 1. The fraction of sp³-hybridized carbons (Fsp3) is 0.385. The zero-order valence-electron chi connectivity index (χ0n) is 11.5. The van der Waals surface area contributed by atoms with Gasteiger partial charge in [0.2, 0.25) is 5.82 Å². The number of nitrogens with zero attached hydrogens (tertiary/aromatic N) is 4.